The molecule has 2 aliphatic heterocycles. The van der Waals surface area contributed by atoms with Gasteiger partial charge < -0.3 is 10.0 Å². The highest BCUT2D eigenvalue weighted by atomic mass is 35.5. The minimum absolute atomic E-state index is 0.0515. The van der Waals surface area contributed by atoms with Gasteiger partial charge in [0.15, 0.2) is 0 Å². The average molecular weight is 648 g/mol. The van der Waals surface area contributed by atoms with E-state index in [-0.39, 0.29) is 34.0 Å². The van der Waals surface area contributed by atoms with Gasteiger partial charge in [-0.05, 0) is 44.0 Å². The molecule has 228 valence electrons. The first kappa shape index (κ1) is 28.6. The van der Waals surface area contributed by atoms with Crippen LogP contribution in [0.3, 0.4) is 0 Å². The molecule has 6 heterocycles. The van der Waals surface area contributed by atoms with Gasteiger partial charge in [-0.3, -0.25) is 19.2 Å². The number of likely N-dealkylation sites (tertiary alicyclic amines) is 1. The predicted molar refractivity (Wildman–Crippen MR) is 176 cm³/mol. The Labute approximate surface area is 272 Å². The zero-order chi connectivity index (χ0) is 31.7. The molecule has 3 fully saturated rings. The maximum Gasteiger partial charge on any atom is 0.338 e. The van der Waals surface area contributed by atoms with Gasteiger partial charge in [0.05, 0.1) is 39.4 Å². The van der Waals surface area contributed by atoms with E-state index in [9.17, 15) is 20.0 Å². The van der Waals surface area contributed by atoms with Crippen LogP contribution in [0.25, 0.3) is 32.2 Å². The van der Waals surface area contributed by atoms with E-state index < -0.39 is 5.97 Å². The highest BCUT2D eigenvalue weighted by Gasteiger charge is 2.55. The summed E-state index contributed by atoms with van der Waals surface area (Å²) < 4.78 is 2.20. The summed E-state index contributed by atoms with van der Waals surface area (Å²) in [6.07, 6.45) is 5.76. The summed E-state index contributed by atoms with van der Waals surface area (Å²) in [6.45, 7) is 5.64. The lowest BCUT2D eigenvalue weighted by molar-refractivity contribution is -0.0278. The number of nitriles is 1. The lowest BCUT2D eigenvalue weighted by Gasteiger charge is -2.61. The smallest absolute Gasteiger partial charge is 0.338 e. The number of nitrogens with zero attached hydrogens (tertiary/aromatic N) is 7. The number of halogens is 1. The summed E-state index contributed by atoms with van der Waals surface area (Å²) in [5.41, 5.74) is 3.28. The summed E-state index contributed by atoms with van der Waals surface area (Å²) >= 11 is 7.68. The summed E-state index contributed by atoms with van der Waals surface area (Å²) in [5, 5.41) is 22.1. The molecular formula is C34H26ClN7O3S. The van der Waals surface area contributed by atoms with Crippen LogP contribution in [0, 0.1) is 35.5 Å². The second-order valence-electron chi connectivity index (χ2n) is 12.4. The number of hydrogen-bond acceptors (Lipinski definition) is 9. The van der Waals surface area contributed by atoms with E-state index in [0.717, 1.165) is 48.0 Å². The van der Waals surface area contributed by atoms with Crippen LogP contribution in [-0.4, -0.2) is 67.7 Å². The van der Waals surface area contributed by atoms with Gasteiger partial charge in [0.1, 0.15) is 23.3 Å². The zero-order valence-corrected chi connectivity index (χ0v) is 26.3. The molecule has 0 amide bonds. The highest BCUT2D eigenvalue weighted by molar-refractivity contribution is 7.18. The number of carbonyl (C=O) groups is 1. The van der Waals surface area contributed by atoms with E-state index in [0.29, 0.717) is 33.3 Å². The second-order valence-corrected chi connectivity index (χ2v) is 13.7. The Morgan fingerprint density at radius 2 is 1.98 bits per heavy atom. The van der Waals surface area contributed by atoms with Gasteiger partial charge in [-0.25, -0.2) is 14.8 Å². The standard InChI is InChI=1S/C34H26ClN7O3S/c1-19-39-27-13-38-31(41-17-34(18-41)15-40(16-34)22-6-7-22)25(12-36)28(27)32(43)42(19)10-2-3-20-4-5-21(35)11-24(20)23-8-9-37-29-26(33(44)45)14-46-30(23)29/h4-5,8-9,11,13-14,22H,6-7,10,15-18H2,1H3,(H,44,45). The van der Waals surface area contributed by atoms with Crippen molar-refractivity contribution in [3.05, 3.63) is 79.9 Å². The van der Waals surface area contributed by atoms with Gasteiger partial charge in [0, 0.05) is 70.9 Å². The van der Waals surface area contributed by atoms with Crippen molar-refractivity contribution in [1.29, 1.82) is 5.26 Å². The van der Waals surface area contributed by atoms with Crippen LogP contribution in [0.15, 0.2) is 46.8 Å². The molecule has 0 unspecified atom stereocenters. The molecule has 0 atom stereocenters. The van der Waals surface area contributed by atoms with Crippen LogP contribution in [0.4, 0.5) is 5.82 Å². The number of aromatic nitrogens is 4. The number of anilines is 1. The topological polar surface area (TPSA) is 128 Å². The van der Waals surface area contributed by atoms with Crippen molar-refractivity contribution in [2.24, 2.45) is 5.41 Å². The van der Waals surface area contributed by atoms with Crippen LogP contribution in [-0.2, 0) is 6.54 Å². The lowest BCUT2D eigenvalue weighted by atomic mass is 9.72. The fourth-order valence-electron chi connectivity index (χ4n) is 6.83. The predicted octanol–water partition coefficient (Wildman–Crippen LogP) is 4.94. The highest BCUT2D eigenvalue weighted by Crippen LogP contribution is 2.46. The number of fused-ring (bicyclic) bond motifs is 2. The van der Waals surface area contributed by atoms with Crippen LogP contribution in [0.2, 0.25) is 5.02 Å². The Kier molecular flexibility index (Phi) is 6.62. The third-order valence-electron chi connectivity index (χ3n) is 9.19. The van der Waals surface area contributed by atoms with Crippen LogP contribution < -0.4 is 10.5 Å². The SMILES string of the molecule is Cc1nc2cnc(N3CC4(C3)CN(C3CC3)C4)c(C#N)c2c(=O)n1CC#Cc1ccc(Cl)cc1-c1ccnc2c(C(=O)O)csc12. The van der Waals surface area contributed by atoms with Crippen molar-refractivity contribution in [2.75, 3.05) is 31.1 Å². The molecule has 2 saturated heterocycles. The number of benzene rings is 1. The molecule has 3 aliphatic rings. The van der Waals surface area contributed by atoms with Crippen LogP contribution in [0.1, 0.15) is 40.2 Å². The third-order valence-corrected chi connectivity index (χ3v) is 10.4. The third kappa shape index (κ3) is 4.62. The Hall–Kier alpha value is -4.81. The van der Waals surface area contributed by atoms with Crippen molar-refractivity contribution >= 4 is 55.8 Å². The van der Waals surface area contributed by atoms with Gasteiger partial charge in [-0.1, -0.05) is 23.4 Å². The molecule has 0 bridgehead atoms. The Bertz CT molecular complexity index is 2280. The van der Waals surface area contributed by atoms with Crippen molar-refractivity contribution in [1.82, 2.24) is 24.4 Å². The van der Waals surface area contributed by atoms with Crippen molar-refractivity contribution in [3.63, 3.8) is 0 Å². The van der Waals surface area contributed by atoms with Crippen molar-refractivity contribution < 1.29 is 9.90 Å². The molecule has 10 nitrogen and oxygen atoms in total. The molecule has 4 aromatic heterocycles. The molecule has 1 saturated carbocycles. The van der Waals surface area contributed by atoms with E-state index in [1.165, 1.54) is 28.7 Å². The van der Waals surface area contributed by atoms with E-state index >= 15 is 0 Å². The van der Waals surface area contributed by atoms with Crippen LogP contribution in [0.5, 0.6) is 0 Å². The molecule has 5 aromatic rings. The fraction of sp³-hybridized carbons (Fsp3) is 0.294. The van der Waals surface area contributed by atoms with Gasteiger partial charge >= 0.3 is 5.97 Å². The average Bonchev–Trinajstić information content (AvgIpc) is 3.74. The molecule has 8 rings (SSSR count). The monoisotopic (exact) mass is 647 g/mol. The summed E-state index contributed by atoms with van der Waals surface area (Å²) in [7, 11) is 0. The van der Waals surface area contributed by atoms with Gasteiger partial charge in [-0.15, -0.1) is 11.3 Å². The van der Waals surface area contributed by atoms with Crippen molar-refractivity contribution in [2.45, 2.75) is 32.4 Å². The maximum atomic E-state index is 13.9. The number of aromatic carboxylic acids is 1. The minimum atomic E-state index is -1.04. The quantitative estimate of drug-likeness (QED) is 0.264. The van der Waals surface area contributed by atoms with Gasteiger partial charge in [0.25, 0.3) is 5.56 Å². The Morgan fingerprint density at radius 3 is 2.72 bits per heavy atom. The molecule has 1 N–H and O–H groups in total. The zero-order valence-electron chi connectivity index (χ0n) is 24.7. The van der Waals surface area contributed by atoms with Gasteiger partial charge in [-0.2, -0.15) is 5.26 Å². The number of hydrogen-bond donors (Lipinski definition) is 1. The van der Waals surface area contributed by atoms with E-state index in [2.05, 4.69) is 42.7 Å². The Morgan fingerprint density at radius 1 is 1.17 bits per heavy atom. The van der Waals surface area contributed by atoms with Crippen molar-refractivity contribution in [3.8, 4) is 29.0 Å². The molecule has 1 spiro atoms. The fourth-order valence-corrected chi connectivity index (χ4v) is 8.03. The molecule has 1 aliphatic carbocycles. The number of aryl methyl sites for hydroxylation is 1. The first-order valence-corrected chi connectivity index (χ1v) is 16.2. The van der Waals surface area contributed by atoms with E-state index in [4.69, 9.17) is 11.6 Å². The van der Waals surface area contributed by atoms with Crippen LogP contribution >= 0.6 is 22.9 Å². The normalized spacial score (nSPS) is 16.9. The Balaban J connectivity index is 1.12. The lowest BCUT2D eigenvalue weighted by Crippen LogP contribution is -2.72. The first-order chi connectivity index (χ1) is 22.2. The van der Waals surface area contributed by atoms with E-state index in [1.54, 1.807) is 42.9 Å². The summed E-state index contributed by atoms with van der Waals surface area (Å²) in [5.74, 6) is 6.27. The largest absolute Gasteiger partial charge is 0.478 e. The first-order valence-electron chi connectivity index (χ1n) is 14.9. The maximum absolute atomic E-state index is 13.9. The molecule has 0 radical (unpaired) electrons. The molecule has 46 heavy (non-hydrogen) atoms. The van der Waals surface area contributed by atoms with E-state index in [1.807, 2.05) is 6.07 Å². The van der Waals surface area contributed by atoms with Gasteiger partial charge in [0.2, 0.25) is 0 Å². The second kappa shape index (κ2) is 10.6. The summed E-state index contributed by atoms with van der Waals surface area (Å²) in [4.78, 5) is 43.8. The number of thiophene rings is 1. The minimum Gasteiger partial charge on any atom is -0.478 e. The number of rotatable bonds is 5. The number of carboxylic acid groups (broad SMARTS) is 1. The number of pyridine rings is 2. The molecule has 1 aromatic carbocycles. The summed E-state index contributed by atoms with van der Waals surface area (Å²) in [6, 6.07) is 10.1. The molecular weight excluding hydrogens is 622 g/mol. The molecule has 12 heteroatoms. The number of carboxylic acids is 1.